The summed E-state index contributed by atoms with van der Waals surface area (Å²) < 4.78 is 25.9. The van der Waals surface area contributed by atoms with E-state index in [0.717, 1.165) is 36.9 Å². The van der Waals surface area contributed by atoms with Crippen LogP contribution in [0.4, 0.5) is 0 Å². The molecule has 0 saturated heterocycles. The maximum absolute atomic E-state index is 13.9. The summed E-state index contributed by atoms with van der Waals surface area (Å²) in [5, 5.41) is 0. The highest BCUT2D eigenvalue weighted by atomic mass is 79.9. The lowest BCUT2D eigenvalue weighted by Crippen LogP contribution is -2.39. The molecule has 0 saturated carbocycles. The number of carbonyl (C=O) groups is 1. The van der Waals surface area contributed by atoms with Crippen LogP contribution >= 0.6 is 43.2 Å². The van der Waals surface area contributed by atoms with Gasteiger partial charge in [0.25, 0.3) is 5.56 Å². The van der Waals surface area contributed by atoms with E-state index >= 15 is 0 Å². The Kier molecular flexibility index (Phi) is 8.30. The summed E-state index contributed by atoms with van der Waals surface area (Å²) in [6, 6.07) is 16.6. The molecule has 3 aromatic carbocycles. The minimum Gasteiger partial charge on any atom is -0.487 e. The summed E-state index contributed by atoms with van der Waals surface area (Å²) in [5.41, 5.74) is 4.27. The van der Waals surface area contributed by atoms with Crippen molar-refractivity contribution in [2.24, 2.45) is 4.99 Å². The lowest BCUT2D eigenvalue weighted by atomic mass is 9.95. The Bertz CT molecular complexity index is 1940. The first-order valence-electron chi connectivity index (χ1n) is 13.5. The Labute approximate surface area is 268 Å². The van der Waals surface area contributed by atoms with Gasteiger partial charge in [0.2, 0.25) is 6.79 Å². The Balaban J connectivity index is 1.35. The molecule has 0 fully saturated rings. The molecule has 1 aromatic heterocycles. The molecule has 0 aliphatic carbocycles. The molecule has 0 unspecified atom stereocenters. The van der Waals surface area contributed by atoms with Gasteiger partial charge in [0.05, 0.1) is 37.4 Å². The summed E-state index contributed by atoms with van der Waals surface area (Å²) in [5.74, 6) is 1.57. The van der Waals surface area contributed by atoms with Crippen LogP contribution in [0.25, 0.3) is 6.08 Å². The van der Waals surface area contributed by atoms with Crippen LogP contribution in [0.5, 0.6) is 17.2 Å². The maximum atomic E-state index is 13.9. The van der Waals surface area contributed by atoms with Gasteiger partial charge in [-0.3, -0.25) is 9.36 Å². The van der Waals surface area contributed by atoms with Crippen LogP contribution in [0, 0.1) is 6.92 Å². The number of aryl methyl sites for hydroxylation is 1. The number of carbonyl (C=O) groups excluding carboxylic acids is 1. The number of fused-ring (bicyclic) bond motifs is 2. The van der Waals surface area contributed by atoms with Gasteiger partial charge in [-0.05, 0) is 99.7 Å². The number of hydrogen-bond donors (Lipinski definition) is 0. The van der Waals surface area contributed by atoms with Gasteiger partial charge in [-0.2, -0.15) is 0 Å². The van der Waals surface area contributed by atoms with E-state index in [4.69, 9.17) is 18.9 Å². The molecule has 11 heteroatoms. The molecule has 0 spiro atoms. The van der Waals surface area contributed by atoms with Crippen molar-refractivity contribution in [3.05, 3.63) is 117 Å². The van der Waals surface area contributed by atoms with E-state index in [1.165, 1.54) is 11.3 Å². The molecule has 6 rings (SSSR count). The summed E-state index contributed by atoms with van der Waals surface area (Å²) in [6.07, 6.45) is 1.82. The molecule has 43 heavy (non-hydrogen) atoms. The van der Waals surface area contributed by atoms with E-state index in [1.54, 1.807) is 18.4 Å². The zero-order valence-electron chi connectivity index (χ0n) is 23.5. The number of aromatic nitrogens is 1. The largest absolute Gasteiger partial charge is 0.487 e. The van der Waals surface area contributed by atoms with Crippen LogP contribution in [0.3, 0.4) is 0 Å². The average Bonchev–Trinajstić information content (AvgIpc) is 3.56. The first kappa shape index (κ1) is 29.4. The number of allylic oxidation sites excluding steroid dienone is 1. The zero-order valence-corrected chi connectivity index (χ0v) is 27.5. The number of esters is 1. The van der Waals surface area contributed by atoms with Crippen molar-refractivity contribution in [2.75, 3.05) is 13.4 Å². The first-order chi connectivity index (χ1) is 20.7. The van der Waals surface area contributed by atoms with Gasteiger partial charge in [0.15, 0.2) is 16.3 Å². The Morgan fingerprint density at radius 3 is 2.51 bits per heavy atom. The summed E-state index contributed by atoms with van der Waals surface area (Å²) in [6.45, 7) is 6.30. The molecule has 0 N–H and O–H groups in total. The Morgan fingerprint density at radius 2 is 1.79 bits per heavy atom. The third kappa shape index (κ3) is 5.81. The molecule has 0 bridgehead atoms. The highest BCUT2D eigenvalue weighted by Gasteiger charge is 2.33. The number of halogens is 2. The summed E-state index contributed by atoms with van der Waals surface area (Å²) >= 11 is 8.53. The van der Waals surface area contributed by atoms with Gasteiger partial charge in [0.1, 0.15) is 12.4 Å². The fourth-order valence-corrected chi connectivity index (χ4v) is 7.49. The predicted octanol–water partition coefficient (Wildman–Crippen LogP) is 5.94. The Hall–Kier alpha value is -3.67. The van der Waals surface area contributed by atoms with Gasteiger partial charge >= 0.3 is 5.97 Å². The lowest BCUT2D eigenvalue weighted by molar-refractivity contribution is -0.139. The normalized spacial score (nSPS) is 15.7. The van der Waals surface area contributed by atoms with Crippen LogP contribution in [0.15, 0.2) is 84.6 Å². The van der Waals surface area contributed by atoms with Gasteiger partial charge in [-0.25, -0.2) is 9.79 Å². The molecule has 2 aliphatic heterocycles. The molecule has 220 valence electrons. The topological polar surface area (TPSA) is 88.4 Å². The number of benzene rings is 3. The summed E-state index contributed by atoms with van der Waals surface area (Å²) in [4.78, 5) is 32.2. The van der Waals surface area contributed by atoms with E-state index in [9.17, 15) is 9.59 Å². The molecule has 0 radical (unpaired) electrons. The number of thiazole rings is 1. The first-order valence-corrected chi connectivity index (χ1v) is 15.9. The fourth-order valence-electron chi connectivity index (χ4n) is 4.99. The maximum Gasteiger partial charge on any atom is 0.338 e. The standard InChI is InChI=1S/C32H26Br2N2O6S/c1-4-39-31(38)27-18(3)35-32-36(28(27)21-8-5-17(2)6-9-21)30(37)26(43-32)14-20-11-22(33)29(23(34)12-20)40-15-19-7-10-24-25(13-19)42-16-41-24/h5-14,28H,4,15-16H2,1-3H3/b26-14+/t28-/m1/s1. The van der Waals surface area contributed by atoms with Crippen molar-refractivity contribution in [3.63, 3.8) is 0 Å². The van der Waals surface area contributed by atoms with Gasteiger partial charge in [-0.1, -0.05) is 47.2 Å². The van der Waals surface area contributed by atoms with Crippen LogP contribution in [-0.4, -0.2) is 23.9 Å². The second-order valence-corrected chi connectivity index (χ2v) is 12.7. The second kappa shape index (κ2) is 12.1. The molecule has 2 aliphatic rings. The fraction of sp³-hybridized carbons (Fsp3) is 0.219. The van der Waals surface area contributed by atoms with Crippen molar-refractivity contribution < 1.29 is 23.7 Å². The highest BCUT2D eigenvalue weighted by Crippen LogP contribution is 2.37. The molecule has 0 amide bonds. The SMILES string of the molecule is CCOC(=O)C1=C(C)N=c2s/c(=C/c3cc(Br)c(OCc4ccc5c(c4)OCO5)c(Br)c3)c(=O)n2[C@@H]1c1ccc(C)cc1. The molecular weight excluding hydrogens is 700 g/mol. The monoisotopic (exact) mass is 724 g/mol. The predicted molar refractivity (Wildman–Crippen MR) is 170 cm³/mol. The zero-order chi connectivity index (χ0) is 30.2. The van der Waals surface area contributed by atoms with Crippen molar-refractivity contribution in [2.45, 2.75) is 33.4 Å². The minimum absolute atomic E-state index is 0.217. The smallest absolute Gasteiger partial charge is 0.338 e. The third-order valence-electron chi connectivity index (χ3n) is 7.05. The van der Waals surface area contributed by atoms with Crippen LogP contribution in [-0.2, 0) is 16.1 Å². The lowest BCUT2D eigenvalue weighted by Gasteiger charge is -2.24. The molecular formula is C32H26Br2N2O6S. The molecule has 3 heterocycles. The average molecular weight is 726 g/mol. The van der Waals surface area contributed by atoms with E-state index in [0.29, 0.717) is 38.7 Å². The van der Waals surface area contributed by atoms with Crippen LogP contribution in [0.2, 0.25) is 0 Å². The van der Waals surface area contributed by atoms with Crippen LogP contribution < -0.4 is 29.1 Å². The second-order valence-electron chi connectivity index (χ2n) is 10.0. The van der Waals surface area contributed by atoms with Gasteiger partial charge in [-0.15, -0.1) is 0 Å². The summed E-state index contributed by atoms with van der Waals surface area (Å²) in [7, 11) is 0. The number of rotatable bonds is 7. The van der Waals surface area contributed by atoms with Crippen molar-refractivity contribution in [1.82, 2.24) is 4.57 Å². The van der Waals surface area contributed by atoms with Crippen molar-refractivity contribution in [1.29, 1.82) is 0 Å². The van der Waals surface area contributed by atoms with Crippen molar-refractivity contribution >= 4 is 55.2 Å². The van der Waals surface area contributed by atoms with Crippen molar-refractivity contribution in [3.8, 4) is 17.2 Å². The van der Waals surface area contributed by atoms with Gasteiger partial charge in [0, 0.05) is 0 Å². The van der Waals surface area contributed by atoms with E-state index in [1.807, 2.05) is 67.6 Å². The molecule has 4 aromatic rings. The number of ether oxygens (including phenoxy) is 4. The van der Waals surface area contributed by atoms with E-state index in [2.05, 4.69) is 36.9 Å². The van der Waals surface area contributed by atoms with E-state index < -0.39 is 12.0 Å². The number of nitrogens with zero attached hydrogens (tertiary/aromatic N) is 2. The minimum atomic E-state index is -0.650. The quantitative estimate of drug-likeness (QED) is 0.219. The molecule has 8 nitrogen and oxygen atoms in total. The Morgan fingerprint density at radius 1 is 1.07 bits per heavy atom. The van der Waals surface area contributed by atoms with E-state index in [-0.39, 0.29) is 19.0 Å². The third-order valence-corrected chi connectivity index (χ3v) is 9.21. The molecule has 1 atom stereocenters. The highest BCUT2D eigenvalue weighted by molar-refractivity contribution is 9.11. The number of hydrogen-bond acceptors (Lipinski definition) is 8. The van der Waals surface area contributed by atoms with Gasteiger partial charge < -0.3 is 18.9 Å². The van der Waals surface area contributed by atoms with Crippen LogP contribution in [0.1, 0.15) is 42.1 Å².